The molecule has 0 bridgehead atoms. The fourth-order valence-corrected chi connectivity index (χ4v) is 2.64. The van der Waals surface area contributed by atoms with Crippen LogP contribution in [0.4, 0.5) is 5.82 Å². The van der Waals surface area contributed by atoms with E-state index in [0.717, 1.165) is 12.5 Å². The van der Waals surface area contributed by atoms with Crippen LogP contribution in [0.25, 0.3) is 0 Å². The summed E-state index contributed by atoms with van der Waals surface area (Å²) < 4.78 is 0.490. The number of H-pyrrole nitrogens is 1. The van der Waals surface area contributed by atoms with Gasteiger partial charge in [0.05, 0.1) is 6.33 Å². The van der Waals surface area contributed by atoms with E-state index in [-0.39, 0.29) is 5.56 Å². The predicted molar refractivity (Wildman–Crippen MR) is 72.2 cm³/mol. The normalized spacial score (nSPS) is 24.6. The van der Waals surface area contributed by atoms with Crippen LogP contribution in [0.3, 0.4) is 0 Å². The van der Waals surface area contributed by atoms with Gasteiger partial charge in [-0.25, -0.2) is 4.98 Å². The maximum atomic E-state index is 11.4. The van der Waals surface area contributed by atoms with E-state index in [1.54, 1.807) is 0 Å². The number of anilines is 1. The summed E-state index contributed by atoms with van der Waals surface area (Å²) in [6.07, 6.45) is 6.61. The average molecular weight is 300 g/mol. The van der Waals surface area contributed by atoms with Crippen molar-refractivity contribution < 1.29 is 0 Å². The summed E-state index contributed by atoms with van der Waals surface area (Å²) in [4.78, 5) is 18.0. The summed E-state index contributed by atoms with van der Waals surface area (Å²) in [6, 6.07) is 0. The first-order chi connectivity index (χ1) is 8.16. The van der Waals surface area contributed by atoms with Gasteiger partial charge in [-0.05, 0) is 40.6 Å². The van der Waals surface area contributed by atoms with E-state index in [9.17, 15) is 4.79 Å². The highest BCUT2D eigenvalue weighted by atomic mass is 79.9. The molecule has 0 aliphatic heterocycles. The van der Waals surface area contributed by atoms with Gasteiger partial charge in [0, 0.05) is 6.54 Å². The quantitative estimate of drug-likeness (QED) is 0.902. The van der Waals surface area contributed by atoms with Crippen molar-refractivity contribution >= 4 is 21.7 Å². The monoisotopic (exact) mass is 299 g/mol. The van der Waals surface area contributed by atoms with Crippen LogP contribution in [-0.4, -0.2) is 16.5 Å². The minimum Gasteiger partial charge on any atom is -0.369 e. The van der Waals surface area contributed by atoms with Gasteiger partial charge in [-0.1, -0.05) is 19.8 Å². The highest BCUT2D eigenvalue weighted by Crippen LogP contribution is 2.28. The molecule has 2 N–H and O–H groups in total. The van der Waals surface area contributed by atoms with E-state index in [0.29, 0.717) is 16.2 Å². The third-order valence-corrected chi connectivity index (χ3v) is 4.23. The molecule has 17 heavy (non-hydrogen) atoms. The van der Waals surface area contributed by atoms with Gasteiger partial charge in [-0.3, -0.25) is 4.79 Å². The molecule has 0 saturated heterocycles. The van der Waals surface area contributed by atoms with E-state index in [1.807, 2.05) is 0 Å². The predicted octanol–water partition coefficient (Wildman–Crippen LogP) is 2.77. The number of hydrogen-bond donors (Lipinski definition) is 2. The Morgan fingerprint density at radius 1 is 1.47 bits per heavy atom. The molecule has 0 atom stereocenters. The van der Waals surface area contributed by atoms with Gasteiger partial charge in [-0.15, -0.1) is 0 Å². The zero-order chi connectivity index (χ0) is 12.3. The minimum absolute atomic E-state index is 0.139. The number of nitrogens with one attached hydrogen (secondary N) is 2. The lowest BCUT2D eigenvalue weighted by Gasteiger charge is -2.26. The van der Waals surface area contributed by atoms with Crippen molar-refractivity contribution in [3.05, 3.63) is 21.2 Å². The van der Waals surface area contributed by atoms with Gasteiger partial charge in [-0.2, -0.15) is 0 Å². The standard InChI is InChI=1S/C12H18BrN3O/c1-8-2-4-9(5-3-8)6-14-11-10(13)12(17)16-7-15-11/h7-9H,2-6H2,1H3,(H2,14,15,16,17). The summed E-state index contributed by atoms with van der Waals surface area (Å²) >= 11 is 3.25. The molecule has 1 saturated carbocycles. The van der Waals surface area contributed by atoms with Gasteiger partial charge < -0.3 is 10.3 Å². The highest BCUT2D eigenvalue weighted by molar-refractivity contribution is 9.10. The van der Waals surface area contributed by atoms with Crippen molar-refractivity contribution in [2.75, 3.05) is 11.9 Å². The summed E-state index contributed by atoms with van der Waals surface area (Å²) in [7, 11) is 0. The maximum absolute atomic E-state index is 11.4. The molecule has 1 aliphatic carbocycles. The molecular weight excluding hydrogens is 282 g/mol. The molecule has 4 nitrogen and oxygen atoms in total. The van der Waals surface area contributed by atoms with Gasteiger partial charge >= 0.3 is 0 Å². The van der Waals surface area contributed by atoms with E-state index >= 15 is 0 Å². The van der Waals surface area contributed by atoms with Crippen LogP contribution in [0.2, 0.25) is 0 Å². The van der Waals surface area contributed by atoms with Crippen LogP contribution in [0.5, 0.6) is 0 Å². The molecule has 0 amide bonds. The maximum Gasteiger partial charge on any atom is 0.267 e. The van der Waals surface area contributed by atoms with E-state index < -0.39 is 0 Å². The molecule has 5 heteroatoms. The number of rotatable bonds is 3. The fraction of sp³-hybridized carbons (Fsp3) is 0.667. The van der Waals surface area contributed by atoms with Crippen LogP contribution >= 0.6 is 15.9 Å². The molecule has 1 aromatic heterocycles. The Morgan fingerprint density at radius 3 is 2.88 bits per heavy atom. The molecule has 1 fully saturated rings. The molecule has 1 aliphatic rings. The van der Waals surface area contributed by atoms with Crippen LogP contribution < -0.4 is 10.9 Å². The molecule has 0 unspecified atom stereocenters. The lowest BCUT2D eigenvalue weighted by molar-refractivity contribution is 0.300. The zero-order valence-corrected chi connectivity index (χ0v) is 11.6. The molecule has 0 aromatic carbocycles. The summed E-state index contributed by atoms with van der Waals surface area (Å²) in [5.41, 5.74) is -0.139. The zero-order valence-electron chi connectivity index (χ0n) is 10.0. The van der Waals surface area contributed by atoms with E-state index in [2.05, 4.69) is 38.1 Å². The number of aromatic amines is 1. The van der Waals surface area contributed by atoms with Crippen LogP contribution in [0.1, 0.15) is 32.6 Å². The summed E-state index contributed by atoms with van der Waals surface area (Å²) in [5, 5.41) is 3.26. The van der Waals surface area contributed by atoms with Crippen molar-refractivity contribution in [2.45, 2.75) is 32.6 Å². The second kappa shape index (κ2) is 5.67. The smallest absolute Gasteiger partial charge is 0.267 e. The molecule has 0 radical (unpaired) electrons. The number of aromatic nitrogens is 2. The Labute approximate surface area is 109 Å². The fourth-order valence-electron chi connectivity index (χ4n) is 2.28. The van der Waals surface area contributed by atoms with Crippen molar-refractivity contribution in [1.29, 1.82) is 0 Å². The topological polar surface area (TPSA) is 57.8 Å². The first-order valence-corrected chi connectivity index (χ1v) is 6.93. The largest absolute Gasteiger partial charge is 0.369 e. The third-order valence-electron chi connectivity index (χ3n) is 3.49. The minimum atomic E-state index is -0.139. The SMILES string of the molecule is CC1CCC(CNc2nc[nH]c(=O)c2Br)CC1. The summed E-state index contributed by atoms with van der Waals surface area (Å²) in [6.45, 7) is 3.22. The second-order valence-corrected chi connectivity index (χ2v) is 5.69. The lowest BCUT2D eigenvalue weighted by Crippen LogP contribution is -2.21. The van der Waals surface area contributed by atoms with Crippen LogP contribution in [0.15, 0.2) is 15.6 Å². The first kappa shape index (κ1) is 12.6. The third kappa shape index (κ3) is 3.31. The van der Waals surface area contributed by atoms with Crippen molar-refractivity contribution in [3.8, 4) is 0 Å². The van der Waals surface area contributed by atoms with Crippen molar-refractivity contribution in [1.82, 2.24) is 9.97 Å². The Morgan fingerprint density at radius 2 is 2.18 bits per heavy atom. The number of hydrogen-bond acceptors (Lipinski definition) is 3. The number of nitrogens with zero attached hydrogens (tertiary/aromatic N) is 1. The molecular formula is C12H18BrN3O. The molecule has 94 valence electrons. The molecule has 2 rings (SSSR count). The van der Waals surface area contributed by atoms with Crippen molar-refractivity contribution in [3.63, 3.8) is 0 Å². The molecule has 0 spiro atoms. The Kier molecular flexibility index (Phi) is 4.20. The van der Waals surface area contributed by atoms with Crippen LogP contribution in [0, 0.1) is 11.8 Å². The van der Waals surface area contributed by atoms with E-state index in [1.165, 1.54) is 32.0 Å². The van der Waals surface area contributed by atoms with Gasteiger partial charge in [0.15, 0.2) is 0 Å². The Hall–Kier alpha value is -0.840. The van der Waals surface area contributed by atoms with Crippen LogP contribution in [-0.2, 0) is 0 Å². The Balaban J connectivity index is 1.90. The summed E-state index contributed by atoms with van der Waals surface area (Å²) in [5.74, 6) is 2.22. The van der Waals surface area contributed by atoms with Gasteiger partial charge in [0.25, 0.3) is 5.56 Å². The molecule has 1 aromatic rings. The Bertz CT molecular complexity index is 424. The first-order valence-electron chi connectivity index (χ1n) is 6.14. The second-order valence-electron chi connectivity index (χ2n) is 4.90. The highest BCUT2D eigenvalue weighted by Gasteiger charge is 2.18. The lowest BCUT2D eigenvalue weighted by atomic mass is 9.83. The van der Waals surface area contributed by atoms with Gasteiger partial charge in [0.2, 0.25) is 0 Å². The van der Waals surface area contributed by atoms with E-state index in [4.69, 9.17) is 0 Å². The van der Waals surface area contributed by atoms with Crippen molar-refractivity contribution in [2.24, 2.45) is 11.8 Å². The van der Waals surface area contributed by atoms with Gasteiger partial charge in [0.1, 0.15) is 10.3 Å². The average Bonchev–Trinajstić information content (AvgIpc) is 2.33. The number of halogens is 1. The molecule has 1 heterocycles.